The van der Waals surface area contributed by atoms with Gasteiger partial charge in [0, 0.05) is 19.0 Å². The van der Waals surface area contributed by atoms with E-state index < -0.39 is 0 Å². The molecule has 0 unspecified atom stereocenters. The van der Waals surface area contributed by atoms with Gasteiger partial charge in [-0.3, -0.25) is 4.79 Å². The summed E-state index contributed by atoms with van der Waals surface area (Å²) >= 11 is 0. The Morgan fingerprint density at radius 1 is 1.47 bits per heavy atom. The van der Waals surface area contributed by atoms with Gasteiger partial charge in [0.15, 0.2) is 0 Å². The molecule has 2 fully saturated rings. The lowest BCUT2D eigenvalue weighted by Gasteiger charge is -2.29. The molecule has 4 nitrogen and oxygen atoms in total. The maximum Gasteiger partial charge on any atom is 0.223 e. The average Bonchev–Trinajstić information content (AvgIpc) is 2.96. The minimum Gasteiger partial charge on any atom is -0.339 e. The summed E-state index contributed by atoms with van der Waals surface area (Å²) in [5, 5.41) is 11.7. The highest BCUT2D eigenvalue weighted by molar-refractivity contribution is 5.77. The number of nitrogens with one attached hydrogen (secondary N) is 1. The number of nitriles is 1. The van der Waals surface area contributed by atoms with E-state index in [4.69, 9.17) is 5.26 Å². The summed E-state index contributed by atoms with van der Waals surface area (Å²) in [7, 11) is 0. The largest absolute Gasteiger partial charge is 0.339 e. The van der Waals surface area contributed by atoms with Gasteiger partial charge in [-0.1, -0.05) is 0 Å². The first-order chi connectivity index (χ1) is 7.31. The Labute approximate surface area is 90.2 Å². The monoisotopic (exact) mass is 207 g/mol. The third-order valence-electron chi connectivity index (χ3n) is 3.10. The van der Waals surface area contributed by atoms with E-state index in [1.54, 1.807) is 0 Å². The van der Waals surface area contributed by atoms with Crippen molar-refractivity contribution in [1.29, 1.82) is 5.26 Å². The first kappa shape index (κ1) is 10.4. The predicted molar refractivity (Wildman–Crippen MR) is 55.9 cm³/mol. The van der Waals surface area contributed by atoms with Crippen LogP contribution < -0.4 is 5.32 Å². The number of carbonyl (C=O) groups is 1. The molecule has 15 heavy (non-hydrogen) atoms. The molecular weight excluding hydrogens is 190 g/mol. The predicted octanol–water partition coefficient (Wildman–Crippen LogP) is 0.501. The molecule has 0 spiro atoms. The molecule has 1 saturated heterocycles. The topological polar surface area (TPSA) is 56.1 Å². The molecule has 2 rings (SSSR count). The maximum absolute atomic E-state index is 11.9. The standard InChI is InChI=1S/C11H17N3O/c12-4-1-5-14(10-2-3-10)11(15)6-9-7-13-8-9/h9-10,13H,1-3,5-8H2. The fraction of sp³-hybridized carbons (Fsp3) is 0.818. The van der Waals surface area contributed by atoms with Crippen LogP contribution in [0.4, 0.5) is 0 Å². The quantitative estimate of drug-likeness (QED) is 0.714. The second kappa shape index (κ2) is 4.63. The first-order valence-corrected chi connectivity index (χ1v) is 5.68. The Balaban J connectivity index is 1.80. The summed E-state index contributed by atoms with van der Waals surface area (Å²) < 4.78 is 0. The van der Waals surface area contributed by atoms with Gasteiger partial charge in [0.25, 0.3) is 0 Å². The second-order valence-corrected chi connectivity index (χ2v) is 4.45. The Morgan fingerprint density at radius 3 is 2.67 bits per heavy atom. The van der Waals surface area contributed by atoms with E-state index in [0.29, 0.717) is 31.3 Å². The van der Waals surface area contributed by atoms with Crippen molar-refractivity contribution in [3.8, 4) is 6.07 Å². The molecule has 0 atom stereocenters. The van der Waals surface area contributed by atoms with Gasteiger partial charge in [0.2, 0.25) is 5.91 Å². The van der Waals surface area contributed by atoms with Crippen LogP contribution in [-0.2, 0) is 4.79 Å². The van der Waals surface area contributed by atoms with E-state index in [9.17, 15) is 4.79 Å². The third-order valence-corrected chi connectivity index (χ3v) is 3.10. The van der Waals surface area contributed by atoms with E-state index in [0.717, 1.165) is 25.9 Å². The van der Waals surface area contributed by atoms with Crippen molar-refractivity contribution in [1.82, 2.24) is 10.2 Å². The SMILES string of the molecule is N#CCCN(C(=O)CC1CNC1)C1CC1. The number of nitrogens with zero attached hydrogens (tertiary/aromatic N) is 2. The van der Waals surface area contributed by atoms with Crippen LogP contribution >= 0.6 is 0 Å². The van der Waals surface area contributed by atoms with Gasteiger partial charge in [-0.15, -0.1) is 0 Å². The normalized spacial score (nSPS) is 20.5. The molecule has 0 bridgehead atoms. The van der Waals surface area contributed by atoms with Crippen LogP contribution in [0, 0.1) is 17.2 Å². The molecule has 1 amide bonds. The Morgan fingerprint density at radius 2 is 2.20 bits per heavy atom. The Kier molecular flexibility index (Phi) is 3.22. The molecule has 1 aliphatic carbocycles. The van der Waals surface area contributed by atoms with Gasteiger partial charge < -0.3 is 10.2 Å². The summed E-state index contributed by atoms with van der Waals surface area (Å²) in [4.78, 5) is 13.8. The third kappa shape index (κ3) is 2.69. The van der Waals surface area contributed by atoms with Gasteiger partial charge in [0.1, 0.15) is 0 Å². The summed E-state index contributed by atoms with van der Waals surface area (Å²) in [5.74, 6) is 0.778. The molecule has 1 heterocycles. The van der Waals surface area contributed by atoms with Crippen LogP contribution in [0.3, 0.4) is 0 Å². The Bertz CT molecular complexity index is 276. The number of amides is 1. The van der Waals surface area contributed by atoms with Gasteiger partial charge >= 0.3 is 0 Å². The molecule has 1 N–H and O–H groups in total. The summed E-state index contributed by atoms with van der Waals surface area (Å²) in [6, 6.07) is 2.55. The minimum atomic E-state index is 0.249. The van der Waals surface area contributed by atoms with Crippen LogP contribution in [0.5, 0.6) is 0 Å². The van der Waals surface area contributed by atoms with Crippen molar-refractivity contribution in [3.63, 3.8) is 0 Å². The fourth-order valence-corrected chi connectivity index (χ4v) is 1.92. The van der Waals surface area contributed by atoms with Crippen molar-refractivity contribution in [3.05, 3.63) is 0 Å². The molecular formula is C11H17N3O. The summed E-state index contributed by atoms with van der Waals surface area (Å²) in [5.41, 5.74) is 0. The fourth-order valence-electron chi connectivity index (χ4n) is 1.92. The van der Waals surface area contributed by atoms with E-state index in [2.05, 4.69) is 11.4 Å². The van der Waals surface area contributed by atoms with E-state index in [1.807, 2.05) is 4.90 Å². The molecule has 0 radical (unpaired) electrons. The molecule has 0 aromatic carbocycles. The molecule has 4 heteroatoms. The van der Waals surface area contributed by atoms with Gasteiger partial charge in [-0.2, -0.15) is 5.26 Å². The number of hydrogen-bond donors (Lipinski definition) is 1. The lowest BCUT2D eigenvalue weighted by atomic mass is 9.98. The number of carbonyl (C=O) groups excluding carboxylic acids is 1. The molecule has 2 aliphatic rings. The maximum atomic E-state index is 11.9. The van der Waals surface area contributed by atoms with Crippen molar-refractivity contribution in [2.75, 3.05) is 19.6 Å². The minimum absolute atomic E-state index is 0.249. The zero-order valence-corrected chi connectivity index (χ0v) is 8.91. The zero-order chi connectivity index (χ0) is 10.7. The van der Waals surface area contributed by atoms with Crippen molar-refractivity contribution in [2.24, 2.45) is 5.92 Å². The van der Waals surface area contributed by atoms with Crippen LogP contribution in [0.1, 0.15) is 25.7 Å². The summed E-state index contributed by atoms with van der Waals surface area (Å²) in [6.07, 6.45) is 3.38. The van der Waals surface area contributed by atoms with Gasteiger partial charge in [-0.25, -0.2) is 0 Å². The van der Waals surface area contributed by atoms with Crippen LogP contribution in [0.2, 0.25) is 0 Å². The molecule has 1 saturated carbocycles. The number of hydrogen-bond acceptors (Lipinski definition) is 3. The zero-order valence-electron chi connectivity index (χ0n) is 8.91. The van der Waals surface area contributed by atoms with Crippen molar-refractivity contribution in [2.45, 2.75) is 31.7 Å². The van der Waals surface area contributed by atoms with Crippen LogP contribution in [-0.4, -0.2) is 36.5 Å². The second-order valence-electron chi connectivity index (χ2n) is 4.45. The molecule has 1 aliphatic heterocycles. The van der Waals surface area contributed by atoms with Crippen LogP contribution in [0.15, 0.2) is 0 Å². The first-order valence-electron chi connectivity index (χ1n) is 5.68. The van der Waals surface area contributed by atoms with E-state index in [1.165, 1.54) is 0 Å². The number of rotatable bonds is 5. The highest BCUT2D eigenvalue weighted by Crippen LogP contribution is 2.28. The van der Waals surface area contributed by atoms with Crippen LogP contribution in [0.25, 0.3) is 0 Å². The molecule has 82 valence electrons. The highest BCUT2D eigenvalue weighted by atomic mass is 16.2. The van der Waals surface area contributed by atoms with Gasteiger partial charge in [-0.05, 0) is 31.8 Å². The summed E-state index contributed by atoms with van der Waals surface area (Å²) in [6.45, 7) is 2.57. The highest BCUT2D eigenvalue weighted by Gasteiger charge is 2.33. The van der Waals surface area contributed by atoms with Gasteiger partial charge in [0.05, 0.1) is 12.5 Å². The van der Waals surface area contributed by atoms with Crippen molar-refractivity contribution >= 4 is 5.91 Å². The Hall–Kier alpha value is -1.08. The average molecular weight is 207 g/mol. The molecule has 0 aromatic heterocycles. The lowest BCUT2D eigenvalue weighted by molar-refractivity contribution is -0.133. The van der Waals surface area contributed by atoms with E-state index in [-0.39, 0.29) is 5.91 Å². The van der Waals surface area contributed by atoms with Crippen molar-refractivity contribution < 1.29 is 4.79 Å². The molecule has 0 aromatic rings. The lowest BCUT2D eigenvalue weighted by Crippen LogP contribution is -2.45. The van der Waals surface area contributed by atoms with E-state index >= 15 is 0 Å². The smallest absolute Gasteiger partial charge is 0.223 e.